The van der Waals surface area contributed by atoms with Gasteiger partial charge >= 0.3 is 0 Å². The minimum Gasteiger partial charge on any atom is -0.347 e. The number of anilines is 1. The molecule has 1 aliphatic heterocycles. The monoisotopic (exact) mass is 422 g/mol. The molecule has 0 N–H and O–H groups in total. The van der Waals surface area contributed by atoms with E-state index < -0.39 is 0 Å². The number of likely N-dealkylation sites (tertiary alicyclic amines) is 1. The van der Waals surface area contributed by atoms with Crippen molar-refractivity contribution in [3.05, 3.63) is 59.9 Å². The molecule has 1 fully saturated rings. The number of amides is 1. The van der Waals surface area contributed by atoms with Crippen LogP contribution in [0.15, 0.2) is 42.7 Å². The number of hydrogen-bond acceptors (Lipinski definition) is 5. The van der Waals surface area contributed by atoms with E-state index in [9.17, 15) is 9.18 Å². The number of aromatic nitrogens is 4. The van der Waals surface area contributed by atoms with Crippen molar-refractivity contribution in [2.24, 2.45) is 0 Å². The van der Waals surface area contributed by atoms with E-state index in [1.807, 2.05) is 47.6 Å². The van der Waals surface area contributed by atoms with Gasteiger partial charge in [0, 0.05) is 57.3 Å². The van der Waals surface area contributed by atoms with Crippen LogP contribution in [0.4, 0.5) is 10.3 Å². The van der Waals surface area contributed by atoms with Crippen molar-refractivity contribution in [3.63, 3.8) is 0 Å². The fraction of sp³-hybridized carbons (Fsp3) is 0.391. The first-order chi connectivity index (χ1) is 14.9. The second-order valence-electron chi connectivity index (χ2n) is 8.06. The molecule has 8 heteroatoms. The predicted octanol–water partition coefficient (Wildman–Crippen LogP) is 3.61. The van der Waals surface area contributed by atoms with Crippen LogP contribution in [-0.4, -0.2) is 51.2 Å². The highest BCUT2D eigenvalue weighted by Crippen LogP contribution is 2.37. The van der Waals surface area contributed by atoms with E-state index in [0.29, 0.717) is 31.0 Å². The summed E-state index contributed by atoms with van der Waals surface area (Å²) in [6.45, 7) is 3.21. The molecule has 162 valence electrons. The van der Waals surface area contributed by atoms with Crippen molar-refractivity contribution < 1.29 is 9.18 Å². The largest absolute Gasteiger partial charge is 0.347 e. The minimum absolute atomic E-state index is 0.0765. The predicted molar refractivity (Wildman–Crippen MR) is 117 cm³/mol. The summed E-state index contributed by atoms with van der Waals surface area (Å²) in [6, 6.07) is 8.20. The second-order valence-corrected chi connectivity index (χ2v) is 8.06. The summed E-state index contributed by atoms with van der Waals surface area (Å²) in [5, 5.41) is 4.27. The van der Waals surface area contributed by atoms with Crippen molar-refractivity contribution in [3.8, 4) is 11.1 Å². The molecule has 0 spiro atoms. The number of benzene rings is 1. The molecule has 3 aromatic rings. The highest BCUT2D eigenvalue weighted by Gasteiger charge is 2.33. The molecule has 3 heterocycles. The van der Waals surface area contributed by atoms with Crippen LogP contribution in [-0.2, 0) is 11.3 Å². The lowest BCUT2D eigenvalue weighted by Crippen LogP contribution is -2.32. The molecule has 0 radical (unpaired) electrons. The molecule has 31 heavy (non-hydrogen) atoms. The third kappa shape index (κ3) is 4.42. The Morgan fingerprint density at radius 2 is 2.13 bits per heavy atom. The van der Waals surface area contributed by atoms with Crippen molar-refractivity contribution in [1.29, 1.82) is 0 Å². The maximum atomic E-state index is 13.9. The van der Waals surface area contributed by atoms with Crippen LogP contribution in [0.1, 0.15) is 36.7 Å². The van der Waals surface area contributed by atoms with E-state index in [1.165, 1.54) is 12.1 Å². The number of carbonyl (C=O) groups is 1. The zero-order valence-electron chi connectivity index (χ0n) is 18.1. The molecule has 7 nitrogen and oxygen atoms in total. The van der Waals surface area contributed by atoms with Crippen LogP contribution in [0.5, 0.6) is 0 Å². The molecular formula is C23H27FN6O. The van der Waals surface area contributed by atoms with E-state index in [-0.39, 0.29) is 17.8 Å². The molecule has 1 amide bonds. The fourth-order valence-electron chi connectivity index (χ4n) is 4.06. The smallest absolute Gasteiger partial charge is 0.225 e. The van der Waals surface area contributed by atoms with Gasteiger partial charge in [-0.15, -0.1) is 0 Å². The van der Waals surface area contributed by atoms with E-state index in [1.54, 1.807) is 18.5 Å². The van der Waals surface area contributed by atoms with Crippen LogP contribution in [0.25, 0.3) is 11.1 Å². The summed E-state index contributed by atoms with van der Waals surface area (Å²) < 4.78 is 15.8. The molecular weight excluding hydrogens is 395 g/mol. The average molecular weight is 423 g/mol. The Morgan fingerprint density at radius 3 is 2.84 bits per heavy atom. The lowest BCUT2D eigenvalue weighted by molar-refractivity contribution is -0.132. The summed E-state index contributed by atoms with van der Waals surface area (Å²) in [6.07, 6.45) is 5.58. The number of hydrogen-bond donors (Lipinski definition) is 0. The first kappa shape index (κ1) is 21.0. The van der Waals surface area contributed by atoms with E-state index in [4.69, 9.17) is 4.98 Å². The van der Waals surface area contributed by atoms with Crippen LogP contribution < -0.4 is 4.90 Å². The summed E-state index contributed by atoms with van der Waals surface area (Å²) in [5.41, 5.74) is 3.28. The molecule has 0 bridgehead atoms. The van der Waals surface area contributed by atoms with Crippen LogP contribution >= 0.6 is 0 Å². The summed E-state index contributed by atoms with van der Waals surface area (Å²) in [7, 11) is 3.76. The number of rotatable bonds is 6. The Hall–Kier alpha value is -3.29. The standard InChI is InChI=1S/C23H27FN6O/c1-16-9-11-26-30(16)13-10-21(31)29-12-5-8-20(29)22-19(15-25-23(27-22)28(2)3)17-6-4-7-18(24)14-17/h4,6-7,9,11,14-15,20H,5,8,10,12-13H2,1-3H3. The Kier molecular flexibility index (Phi) is 5.97. The van der Waals surface area contributed by atoms with Gasteiger partial charge in [0.25, 0.3) is 0 Å². The lowest BCUT2D eigenvalue weighted by Gasteiger charge is -2.27. The van der Waals surface area contributed by atoms with Crippen molar-refractivity contribution >= 4 is 11.9 Å². The maximum Gasteiger partial charge on any atom is 0.225 e. The first-order valence-corrected chi connectivity index (χ1v) is 10.5. The first-order valence-electron chi connectivity index (χ1n) is 10.5. The van der Waals surface area contributed by atoms with Gasteiger partial charge in [-0.1, -0.05) is 12.1 Å². The number of aryl methyl sites for hydroxylation is 2. The molecule has 1 atom stereocenters. The topological polar surface area (TPSA) is 67.2 Å². The van der Waals surface area contributed by atoms with Gasteiger partial charge < -0.3 is 9.80 Å². The third-order valence-corrected chi connectivity index (χ3v) is 5.70. The average Bonchev–Trinajstić information content (AvgIpc) is 3.40. The number of carbonyl (C=O) groups excluding carboxylic acids is 1. The Labute approximate surface area is 181 Å². The second kappa shape index (κ2) is 8.83. The quantitative estimate of drug-likeness (QED) is 0.607. The third-order valence-electron chi connectivity index (χ3n) is 5.70. The Morgan fingerprint density at radius 1 is 1.29 bits per heavy atom. The highest BCUT2D eigenvalue weighted by atomic mass is 19.1. The lowest BCUT2D eigenvalue weighted by atomic mass is 9.99. The zero-order valence-corrected chi connectivity index (χ0v) is 18.1. The Balaban J connectivity index is 1.65. The van der Waals surface area contributed by atoms with Crippen molar-refractivity contribution in [1.82, 2.24) is 24.6 Å². The zero-order chi connectivity index (χ0) is 22.0. The molecule has 1 saturated heterocycles. The van der Waals surface area contributed by atoms with Crippen LogP contribution in [0, 0.1) is 12.7 Å². The van der Waals surface area contributed by atoms with E-state index in [0.717, 1.165) is 29.8 Å². The fourth-order valence-corrected chi connectivity index (χ4v) is 4.06. The molecule has 2 aromatic heterocycles. The number of nitrogens with zero attached hydrogens (tertiary/aromatic N) is 6. The van der Waals surface area contributed by atoms with E-state index >= 15 is 0 Å². The van der Waals surface area contributed by atoms with Gasteiger partial charge in [0.05, 0.1) is 11.7 Å². The molecule has 1 aromatic carbocycles. The van der Waals surface area contributed by atoms with Gasteiger partial charge in [-0.3, -0.25) is 9.48 Å². The van der Waals surface area contributed by atoms with Gasteiger partial charge in [0.2, 0.25) is 11.9 Å². The van der Waals surface area contributed by atoms with Crippen LogP contribution in [0.2, 0.25) is 0 Å². The molecule has 1 unspecified atom stereocenters. The van der Waals surface area contributed by atoms with Crippen molar-refractivity contribution in [2.45, 2.75) is 38.8 Å². The van der Waals surface area contributed by atoms with Gasteiger partial charge in [0.15, 0.2) is 0 Å². The molecule has 0 aliphatic carbocycles. The summed E-state index contributed by atoms with van der Waals surface area (Å²) in [5.74, 6) is 0.336. The molecule has 1 aliphatic rings. The number of halogens is 1. The normalized spacial score (nSPS) is 16.0. The summed E-state index contributed by atoms with van der Waals surface area (Å²) in [4.78, 5) is 26.1. The van der Waals surface area contributed by atoms with Gasteiger partial charge in [-0.2, -0.15) is 5.10 Å². The van der Waals surface area contributed by atoms with E-state index in [2.05, 4.69) is 10.1 Å². The Bertz CT molecular complexity index is 1080. The molecule has 0 saturated carbocycles. The summed E-state index contributed by atoms with van der Waals surface area (Å²) >= 11 is 0. The SMILES string of the molecule is Cc1ccnn1CCC(=O)N1CCCC1c1nc(N(C)C)ncc1-c1cccc(F)c1. The van der Waals surface area contributed by atoms with Gasteiger partial charge in [0.1, 0.15) is 5.82 Å². The highest BCUT2D eigenvalue weighted by molar-refractivity contribution is 5.77. The van der Waals surface area contributed by atoms with Crippen LogP contribution in [0.3, 0.4) is 0 Å². The molecule has 4 rings (SSSR count). The van der Waals surface area contributed by atoms with Gasteiger partial charge in [-0.05, 0) is 43.5 Å². The maximum absolute atomic E-state index is 13.9. The van der Waals surface area contributed by atoms with Crippen molar-refractivity contribution in [2.75, 3.05) is 25.5 Å². The minimum atomic E-state index is -0.311. The van der Waals surface area contributed by atoms with Gasteiger partial charge in [-0.25, -0.2) is 14.4 Å².